The van der Waals surface area contributed by atoms with E-state index >= 15 is 0 Å². The average Bonchev–Trinajstić information content (AvgIpc) is 2.27. The van der Waals surface area contributed by atoms with Crippen LogP contribution in [0.4, 0.5) is 4.39 Å². The van der Waals surface area contributed by atoms with Crippen molar-refractivity contribution < 1.29 is 9.18 Å². The summed E-state index contributed by atoms with van der Waals surface area (Å²) >= 11 is 0. The lowest BCUT2D eigenvalue weighted by atomic mass is 10.0. The zero-order valence-electron chi connectivity index (χ0n) is 9.24. The van der Waals surface area contributed by atoms with Gasteiger partial charge in [-0.05, 0) is 19.2 Å². The number of hydrogen-bond acceptors (Lipinski definition) is 2. The highest BCUT2D eigenvalue weighted by atomic mass is 19.1. The second-order valence-corrected chi connectivity index (χ2v) is 4.10. The Bertz CT molecular complexity index is 439. The molecule has 0 unspecified atom stereocenters. The number of halogens is 1. The number of piperidine rings is 1. The number of Topliss-reactive ketones (excluding diaryl/α,β-unsaturated/α-hetero) is 1. The highest BCUT2D eigenvalue weighted by Gasteiger charge is 2.18. The Hall–Kier alpha value is -1.48. The molecule has 0 radical (unpaired) electrons. The molecule has 2 rings (SSSR count). The van der Waals surface area contributed by atoms with Gasteiger partial charge in [0.05, 0.1) is 0 Å². The Morgan fingerprint density at radius 3 is 2.88 bits per heavy atom. The van der Waals surface area contributed by atoms with Gasteiger partial charge in [0.15, 0.2) is 5.78 Å². The van der Waals surface area contributed by atoms with Crippen molar-refractivity contribution in [3.63, 3.8) is 0 Å². The van der Waals surface area contributed by atoms with Gasteiger partial charge in [0, 0.05) is 30.6 Å². The topological polar surface area (TPSA) is 20.3 Å². The number of benzene rings is 1. The van der Waals surface area contributed by atoms with Crippen molar-refractivity contribution in [2.45, 2.75) is 6.42 Å². The maximum absolute atomic E-state index is 13.4. The highest BCUT2D eigenvalue weighted by Crippen LogP contribution is 2.16. The van der Waals surface area contributed by atoms with E-state index in [1.165, 1.54) is 6.07 Å². The minimum Gasteiger partial charge on any atom is -0.302 e. The van der Waals surface area contributed by atoms with E-state index in [0.717, 1.165) is 6.54 Å². The Morgan fingerprint density at radius 1 is 1.38 bits per heavy atom. The summed E-state index contributed by atoms with van der Waals surface area (Å²) in [7, 11) is 1.96. The van der Waals surface area contributed by atoms with Crippen molar-refractivity contribution in [1.82, 2.24) is 4.90 Å². The van der Waals surface area contributed by atoms with Crippen LogP contribution in [0, 0.1) is 5.82 Å². The summed E-state index contributed by atoms with van der Waals surface area (Å²) in [5, 5.41) is 0. The van der Waals surface area contributed by atoms with Crippen LogP contribution in [0.1, 0.15) is 12.0 Å². The lowest BCUT2D eigenvalue weighted by Crippen LogP contribution is -2.32. The van der Waals surface area contributed by atoms with Gasteiger partial charge in [0.25, 0.3) is 0 Å². The molecular formula is C13H14FNO. The number of ketones is 1. The van der Waals surface area contributed by atoms with E-state index in [4.69, 9.17) is 0 Å². The third-order valence-corrected chi connectivity index (χ3v) is 2.75. The summed E-state index contributed by atoms with van der Waals surface area (Å²) in [6.07, 6.45) is 2.18. The third kappa shape index (κ3) is 2.36. The number of hydrogen-bond donors (Lipinski definition) is 0. The van der Waals surface area contributed by atoms with Gasteiger partial charge in [-0.1, -0.05) is 18.2 Å². The number of carbonyl (C=O) groups is 1. The molecule has 0 spiro atoms. The van der Waals surface area contributed by atoms with Gasteiger partial charge >= 0.3 is 0 Å². The number of nitrogens with zero attached hydrogens (tertiary/aromatic N) is 1. The molecule has 1 aromatic carbocycles. The lowest BCUT2D eigenvalue weighted by Gasteiger charge is -2.23. The predicted molar refractivity (Wildman–Crippen MR) is 61.5 cm³/mol. The van der Waals surface area contributed by atoms with Crippen LogP contribution in [-0.4, -0.2) is 30.8 Å². The van der Waals surface area contributed by atoms with Crippen LogP contribution in [0.2, 0.25) is 0 Å². The normalized spacial score (nSPS) is 20.4. The second-order valence-electron chi connectivity index (χ2n) is 4.10. The van der Waals surface area contributed by atoms with Crippen LogP contribution in [0.3, 0.4) is 0 Å². The number of rotatable bonds is 1. The Kier molecular flexibility index (Phi) is 3.15. The Balaban J connectivity index is 2.29. The molecule has 0 amide bonds. The van der Waals surface area contributed by atoms with Crippen molar-refractivity contribution >= 4 is 11.9 Å². The summed E-state index contributed by atoms with van der Waals surface area (Å²) in [6.45, 7) is 1.39. The van der Waals surface area contributed by atoms with E-state index in [0.29, 0.717) is 24.1 Å². The van der Waals surface area contributed by atoms with Crippen molar-refractivity contribution in [3.05, 3.63) is 41.2 Å². The molecule has 0 aliphatic carbocycles. The fourth-order valence-electron chi connectivity index (χ4n) is 1.82. The van der Waals surface area contributed by atoms with Crippen LogP contribution in [-0.2, 0) is 4.79 Å². The van der Waals surface area contributed by atoms with E-state index < -0.39 is 0 Å². The van der Waals surface area contributed by atoms with Gasteiger partial charge in [-0.2, -0.15) is 0 Å². The quantitative estimate of drug-likeness (QED) is 0.674. The minimum absolute atomic E-state index is 0.126. The summed E-state index contributed by atoms with van der Waals surface area (Å²) in [5.41, 5.74) is 1.18. The van der Waals surface area contributed by atoms with E-state index in [-0.39, 0.29) is 11.6 Å². The van der Waals surface area contributed by atoms with Crippen molar-refractivity contribution in [3.8, 4) is 0 Å². The monoisotopic (exact) mass is 219 g/mol. The first-order chi connectivity index (χ1) is 7.66. The number of likely N-dealkylation sites (tertiary alicyclic amines) is 1. The number of carbonyl (C=O) groups excluding carboxylic acids is 1. The first-order valence-corrected chi connectivity index (χ1v) is 5.33. The molecule has 1 aromatic rings. The van der Waals surface area contributed by atoms with Gasteiger partial charge in [0.1, 0.15) is 5.82 Å². The largest absolute Gasteiger partial charge is 0.302 e. The summed E-state index contributed by atoms with van der Waals surface area (Å²) in [4.78, 5) is 13.7. The van der Waals surface area contributed by atoms with E-state index in [1.807, 2.05) is 7.05 Å². The lowest BCUT2D eigenvalue weighted by molar-refractivity contribution is -0.117. The molecule has 0 N–H and O–H groups in total. The summed E-state index contributed by atoms with van der Waals surface area (Å²) in [5.74, 6) is -0.155. The van der Waals surface area contributed by atoms with Crippen molar-refractivity contribution in [2.75, 3.05) is 20.1 Å². The van der Waals surface area contributed by atoms with Gasteiger partial charge in [-0.15, -0.1) is 0 Å². The van der Waals surface area contributed by atoms with Gasteiger partial charge in [0.2, 0.25) is 0 Å². The first-order valence-electron chi connectivity index (χ1n) is 5.33. The predicted octanol–water partition coefficient (Wildman–Crippen LogP) is 2.11. The molecule has 0 bridgehead atoms. The molecule has 2 nitrogen and oxygen atoms in total. The fourth-order valence-corrected chi connectivity index (χ4v) is 1.82. The smallest absolute Gasteiger partial charge is 0.161 e. The van der Waals surface area contributed by atoms with Gasteiger partial charge in [-0.25, -0.2) is 4.39 Å². The average molecular weight is 219 g/mol. The molecule has 1 saturated heterocycles. The Morgan fingerprint density at radius 2 is 2.12 bits per heavy atom. The van der Waals surface area contributed by atoms with Gasteiger partial charge < -0.3 is 4.90 Å². The zero-order valence-corrected chi connectivity index (χ0v) is 9.24. The van der Waals surface area contributed by atoms with Crippen molar-refractivity contribution in [1.29, 1.82) is 0 Å². The van der Waals surface area contributed by atoms with Crippen LogP contribution >= 0.6 is 0 Å². The van der Waals surface area contributed by atoms with Crippen LogP contribution in [0.25, 0.3) is 6.08 Å². The molecule has 0 atom stereocenters. The maximum Gasteiger partial charge on any atom is 0.161 e. The molecule has 1 fully saturated rings. The zero-order chi connectivity index (χ0) is 11.5. The SMILES string of the molecule is CN1CCC(=O)/C(=C/c2ccccc2F)C1. The van der Waals surface area contributed by atoms with Crippen molar-refractivity contribution in [2.24, 2.45) is 0 Å². The molecule has 0 aromatic heterocycles. The fraction of sp³-hybridized carbons (Fsp3) is 0.308. The molecule has 1 aliphatic heterocycles. The molecule has 16 heavy (non-hydrogen) atoms. The molecule has 84 valence electrons. The van der Waals surface area contributed by atoms with E-state index in [2.05, 4.69) is 4.90 Å². The Labute approximate surface area is 94.4 Å². The minimum atomic E-state index is -0.281. The van der Waals surface area contributed by atoms with E-state index in [9.17, 15) is 9.18 Å². The first kappa shape index (κ1) is 11.0. The van der Waals surface area contributed by atoms with E-state index in [1.54, 1.807) is 24.3 Å². The third-order valence-electron chi connectivity index (χ3n) is 2.75. The molecule has 0 saturated carbocycles. The summed E-state index contributed by atoms with van der Waals surface area (Å²) < 4.78 is 13.4. The highest BCUT2D eigenvalue weighted by molar-refractivity contribution is 6.00. The standard InChI is InChI=1S/C13H14FNO/c1-15-7-6-13(16)11(9-15)8-10-4-2-3-5-12(10)14/h2-5,8H,6-7,9H2,1H3/b11-8+. The second kappa shape index (κ2) is 4.58. The van der Waals surface area contributed by atoms with Gasteiger partial charge in [-0.3, -0.25) is 4.79 Å². The summed E-state index contributed by atoms with van der Waals surface area (Å²) in [6, 6.07) is 6.51. The maximum atomic E-state index is 13.4. The molecule has 1 aliphatic rings. The molecular weight excluding hydrogens is 205 g/mol. The molecule has 1 heterocycles. The van der Waals surface area contributed by atoms with Crippen LogP contribution < -0.4 is 0 Å². The molecule has 3 heteroatoms. The van der Waals surface area contributed by atoms with Crippen LogP contribution in [0.15, 0.2) is 29.8 Å². The number of likely N-dealkylation sites (N-methyl/N-ethyl adjacent to an activating group) is 1. The van der Waals surface area contributed by atoms with Crippen LogP contribution in [0.5, 0.6) is 0 Å².